The van der Waals surface area contributed by atoms with Gasteiger partial charge in [0.15, 0.2) is 11.5 Å². The van der Waals surface area contributed by atoms with Gasteiger partial charge in [-0.25, -0.2) is 0 Å². The number of fused-ring (bicyclic) bond motifs is 6. The van der Waals surface area contributed by atoms with Crippen LogP contribution >= 0.6 is 11.8 Å². The molecule has 0 aliphatic heterocycles. The highest BCUT2D eigenvalue weighted by Gasteiger charge is 2.31. The summed E-state index contributed by atoms with van der Waals surface area (Å²) in [5.74, 6) is 2.57. The predicted molar refractivity (Wildman–Crippen MR) is 202 cm³/mol. The molecule has 1 heterocycles. The van der Waals surface area contributed by atoms with Crippen LogP contribution in [-0.2, 0) is 22.4 Å². The monoisotopic (exact) mass is 714 g/mol. The average Bonchev–Trinajstić information content (AvgIpc) is 3.35. The van der Waals surface area contributed by atoms with Crippen molar-refractivity contribution in [2.45, 2.75) is 63.6 Å². The zero-order chi connectivity index (χ0) is 36.2. The summed E-state index contributed by atoms with van der Waals surface area (Å²) in [4.78, 5) is 44.1. The zero-order valence-corrected chi connectivity index (χ0v) is 30.8. The minimum absolute atomic E-state index is 0.175. The molecular weight excluding hydrogens is 669 g/mol. The van der Waals surface area contributed by atoms with E-state index in [4.69, 9.17) is 18.9 Å². The van der Waals surface area contributed by atoms with Crippen LogP contribution < -0.4 is 40.3 Å². The van der Waals surface area contributed by atoms with Crippen molar-refractivity contribution in [1.29, 1.82) is 0 Å². The van der Waals surface area contributed by atoms with Crippen molar-refractivity contribution < 1.29 is 28.5 Å². The van der Waals surface area contributed by atoms with Gasteiger partial charge < -0.3 is 39.9 Å². The number of ether oxygens (including phenoxy) is 4. The van der Waals surface area contributed by atoms with E-state index in [9.17, 15) is 14.4 Å². The molecule has 6 rings (SSSR count). The molecule has 0 saturated carbocycles. The van der Waals surface area contributed by atoms with Gasteiger partial charge in [0, 0.05) is 29.1 Å². The lowest BCUT2D eigenvalue weighted by atomic mass is 9.91. The Kier molecular flexibility index (Phi) is 11.0. The van der Waals surface area contributed by atoms with E-state index in [1.807, 2.05) is 36.6 Å². The molecule has 0 saturated heterocycles. The van der Waals surface area contributed by atoms with E-state index in [1.54, 1.807) is 52.3 Å². The van der Waals surface area contributed by atoms with Crippen molar-refractivity contribution >= 4 is 40.2 Å². The molecule has 0 fully saturated rings. The molecule has 1 aromatic heterocycles. The van der Waals surface area contributed by atoms with Gasteiger partial charge in [-0.15, -0.1) is 0 Å². The van der Waals surface area contributed by atoms with Crippen LogP contribution in [0, 0.1) is 0 Å². The molecule has 2 aliphatic carbocycles. The molecule has 0 spiro atoms. The first kappa shape index (κ1) is 36.0. The molecule has 0 radical (unpaired) electrons. The van der Waals surface area contributed by atoms with E-state index < -0.39 is 12.1 Å². The summed E-state index contributed by atoms with van der Waals surface area (Å²) in [6, 6.07) is 11.8. The first-order valence-corrected chi connectivity index (χ1v) is 18.6. The van der Waals surface area contributed by atoms with E-state index >= 15 is 0 Å². The molecule has 3 atom stereocenters. The van der Waals surface area contributed by atoms with Crippen LogP contribution in [0.3, 0.4) is 0 Å². The number of hydrogen-bond acceptors (Lipinski definition) is 9. The number of hydrogen-bond donors (Lipinski definition) is 4. The molecule has 12 heteroatoms. The molecule has 2 amide bonds. The number of aryl methyl sites for hydroxylation is 2. The number of thioether (sulfide) groups is 1. The van der Waals surface area contributed by atoms with Crippen molar-refractivity contribution in [1.82, 2.24) is 15.6 Å². The molecule has 4 N–H and O–H groups in total. The highest BCUT2D eigenvalue weighted by molar-refractivity contribution is 7.98. The van der Waals surface area contributed by atoms with E-state index in [1.165, 1.54) is 12.5 Å². The molecule has 51 heavy (non-hydrogen) atoms. The van der Waals surface area contributed by atoms with Crippen molar-refractivity contribution in [2.75, 3.05) is 45.8 Å². The Morgan fingerprint density at radius 2 is 1.73 bits per heavy atom. The Morgan fingerprint density at radius 1 is 0.922 bits per heavy atom. The summed E-state index contributed by atoms with van der Waals surface area (Å²) in [6.45, 7) is 1.47. The van der Waals surface area contributed by atoms with Crippen LogP contribution in [0.4, 0.5) is 5.69 Å². The molecule has 2 aliphatic rings. The number of benzene rings is 2. The third-order valence-corrected chi connectivity index (χ3v) is 10.5. The average molecular weight is 715 g/mol. The third kappa shape index (κ3) is 7.19. The number of H-pyrrole nitrogens is 1. The van der Waals surface area contributed by atoms with E-state index in [2.05, 4.69) is 20.9 Å². The number of rotatable bonds is 12. The van der Waals surface area contributed by atoms with Crippen LogP contribution in [0.1, 0.15) is 67.1 Å². The fourth-order valence-electron chi connectivity index (χ4n) is 7.50. The van der Waals surface area contributed by atoms with Gasteiger partial charge in [0.1, 0.15) is 11.8 Å². The van der Waals surface area contributed by atoms with E-state index in [0.29, 0.717) is 47.8 Å². The topological polar surface area (TPSA) is 140 Å². The van der Waals surface area contributed by atoms with Crippen molar-refractivity contribution in [3.8, 4) is 34.1 Å². The van der Waals surface area contributed by atoms with Crippen LogP contribution in [0.25, 0.3) is 22.0 Å². The SMILES string of the molecule is COc1ccc2[nH]c3c(c2c1)CCC[C@H]3NC(=O)[C@H](CCSC)Nc1ccc2c(cc1=O)[C@@H](NC(C)=O)CCc1cc(OC)c(OC)c(OC)c1-2. The Balaban J connectivity index is 1.37. The smallest absolute Gasteiger partial charge is 0.243 e. The molecule has 0 unspecified atom stereocenters. The largest absolute Gasteiger partial charge is 0.497 e. The lowest BCUT2D eigenvalue weighted by molar-refractivity contribution is -0.123. The fourth-order valence-corrected chi connectivity index (χ4v) is 7.98. The van der Waals surface area contributed by atoms with Gasteiger partial charge >= 0.3 is 0 Å². The molecule has 11 nitrogen and oxygen atoms in total. The summed E-state index contributed by atoms with van der Waals surface area (Å²) in [5, 5.41) is 10.8. The number of amides is 2. The number of anilines is 1. The second-order valence-corrected chi connectivity index (χ2v) is 13.9. The van der Waals surface area contributed by atoms with Crippen molar-refractivity contribution in [2.24, 2.45) is 0 Å². The number of aromatic nitrogens is 1. The first-order valence-electron chi connectivity index (χ1n) is 17.2. The first-order chi connectivity index (χ1) is 24.7. The third-order valence-electron chi connectivity index (χ3n) is 9.90. The maximum atomic E-state index is 14.1. The van der Waals surface area contributed by atoms with Crippen molar-refractivity contribution in [3.05, 3.63) is 75.1 Å². The second-order valence-electron chi connectivity index (χ2n) is 13.0. The predicted octanol–water partition coefficient (Wildman–Crippen LogP) is 6.08. The standard InChI is InChI=1S/C39H46N4O7S/c1-21(44)40-28-13-10-22-18-34(48-3)37(49-4)38(50-5)35(22)24-12-15-30(33(45)20-27(24)28)41-32(16-17-51-6)39(46)43-31-9-7-8-25-26-19-23(47-2)11-14-29(26)42-36(25)31/h11-12,14-15,18-20,28,31-32,42H,7-10,13,16-17H2,1-6H3,(H,40,44)(H,41,45)(H,43,46)/t28-,31+,32-/m0/s1. The minimum Gasteiger partial charge on any atom is -0.497 e. The summed E-state index contributed by atoms with van der Waals surface area (Å²) in [5.41, 5.74) is 6.30. The number of aromatic amines is 1. The van der Waals surface area contributed by atoms with Gasteiger partial charge in [-0.2, -0.15) is 11.8 Å². The summed E-state index contributed by atoms with van der Waals surface area (Å²) < 4.78 is 22.7. The molecule has 3 aromatic carbocycles. The van der Waals surface area contributed by atoms with Crippen molar-refractivity contribution in [3.63, 3.8) is 0 Å². The number of carbonyl (C=O) groups is 2. The van der Waals surface area contributed by atoms with Gasteiger partial charge in [-0.1, -0.05) is 6.07 Å². The van der Waals surface area contributed by atoms with E-state index in [0.717, 1.165) is 58.3 Å². The van der Waals surface area contributed by atoms with Gasteiger partial charge in [0.2, 0.25) is 23.0 Å². The van der Waals surface area contributed by atoms with Crippen LogP contribution in [0.5, 0.6) is 23.0 Å². The Bertz CT molecular complexity index is 2010. The summed E-state index contributed by atoms with van der Waals surface area (Å²) in [6.07, 6.45) is 6.31. The van der Waals surface area contributed by atoms with E-state index in [-0.39, 0.29) is 29.0 Å². The summed E-state index contributed by atoms with van der Waals surface area (Å²) >= 11 is 1.64. The molecule has 0 bridgehead atoms. The van der Waals surface area contributed by atoms with Gasteiger partial charge in [0.05, 0.1) is 46.2 Å². The Morgan fingerprint density at radius 3 is 2.43 bits per heavy atom. The lowest BCUT2D eigenvalue weighted by Crippen LogP contribution is -2.43. The molecule has 4 aromatic rings. The normalized spacial score (nSPS) is 16.8. The van der Waals surface area contributed by atoms with Crippen LogP contribution in [0.15, 0.2) is 47.3 Å². The second kappa shape index (κ2) is 15.6. The van der Waals surface area contributed by atoms with Gasteiger partial charge in [-0.3, -0.25) is 14.4 Å². The van der Waals surface area contributed by atoms with Crippen LogP contribution in [0.2, 0.25) is 0 Å². The summed E-state index contributed by atoms with van der Waals surface area (Å²) in [7, 11) is 6.35. The maximum Gasteiger partial charge on any atom is 0.243 e. The Labute approximate surface area is 302 Å². The number of carbonyl (C=O) groups excluding carboxylic acids is 2. The quantitative estimate of drug-likeness (QED) is 0.138. The van der Waals surface area contributed by atoms with Crippen LogP contribution in [-0.4, -0.2) is 63.3 Å². The fraction of sp³-hybridized carbons (Fsp3) is 0.410. The number of methoxy groups -OCH3 is 4. The lowest BCUT2D eigenvalue weighted by Gasteiger charge is -2.27. The highest BCUT2D eigenvalue weighted by atomic mass is 32.2. The Hall–Kier alpha value is -4.84. The molecular formula is C39H46N4O7S. The minimum atomic E-state index is -0.667. The zero-order valence-electron chi connectivity index (χ0n) is 30.0. The van der Waals surface area contributed by atoms with Gasteiger partial charge in [0.25, 0.3) is 0 Å². The number of nitrogens with one attached hydrogen (secondary N) is 4. The van der Waals surface area contributed by atoms with Gasteiger partial charge in [-0.05, 0) is 109 Å². The molecule has 270 valence electrons. The maximum absolute atomic E-state index is 14.1. The highest BCUT2D eigenvalue weighted by Crippen LogP contribution is 2.50.